The Hall–Kier alpha value is -1.59. The van der Waals surface area contributed by atoms with Crippen molar-refractivity contribution >= 4 is 5.91 Å². The van der Waals surface area contributed by atoms with Crippen LogP contribution in [0.15, 0.2) is 18.2 Å². The zero-order chi connectivity index (χ0) is 14.0. The number of rotatable bonds is 3. The first-order chi connectivity index (χ1) is 8.92. The number of ether oxygens (including phenoxy) is 1. The third-order valence-electron chi connectivity index (χ3n) is 3.69. The van der Waals surface area contributed by atoms with Crippen LogP contribution in [-0.4, -0.2) is 41.0 Å². The minimum absolute atomic E-state index is 0.0870. The molecule has 0 spiro atoms. The van der Waals surface area contributed by atoms with Gasteiger partial charge in [0.15, 0.2) is 0 Å². The van der Waals surface area contributed by atoms with E-state index in [1.807, 2.05) is 0 Å². The van der Waals surface area contributed by atoms with Gasteiger partial charge in [-0.1, -0.05) is 6.07 Å². The first-order valence-electron chi connectivity index (χ1n) is 6.34. The van der Waals surface area contributed by atoms with E-state index in [0.717, 1.165) is 0 Å². The fourth-order valence-electron chi connectivity index (χ4n) is 2.09. The number of nitrogens with one attached hydrogen (secondary N) is 1. The molecule has 5 nitrogen and oxygen atoms in total. The summed E-state index contributed by atoms with van der Waals surface area (Å²) in [5.41, 5.74) is 0.0776. The van der Waals surface area contributed by atoms with Gasteiger partial charge in [-0.2, -0.15) is 0 Å². The van der Waals surface area contributed by atoms with Crippen molar-refractivity contribution in [1.82, 2.24) is 5.32 Å². The number of hydrogen-bond acceptors (Lipinski definition) is 4. The average Bonchev–Trinajstić information content (AvgIpc) is 2.71. The van der Waals surface area contributed by atoms with Crippen LogP contribution in [0.5, 0.6) is 5.75 Å². The molecule has 5 heteroatoms. The molecular weight excluding hydrogens is 246 g/mol. The summed E-state index contributed by atoms with van der Waals surface area (Å²) in [6.07, 6.45) is 0.215. The van der Waals surface area contributed by atoms with Gasteiger partial charge >= 0.3 is 0 Å². The van der Waals surface area contributed by atoms with Gasteiger partial charge in [0, 0.05) is 25.1 Å². The molecular formula is C14H19NO4. The maximum absolute atomic E-state index is 11.9. The van der Waals surface area contributed by atoms with Gasteiger partial charge in [0.1, 0.15) is 11.4 Å². The van der Waals surface area contributed by atoms with Gasteiger partial charge in [-0.25, -0.2) is 0 Å². The van der Waals surface area contributed by atoms with E-state index in [-0.39, 0.29) is 24.3 Å². The van der Waals surface area contributed by atoms with E-state index in [0.29, 0.717) is 24.2 Å². The van der Waals surface area contributed by atoms with Crippen LogP contribution in [0.1, 0.15) is 29.3 Å². The van der Waals surface area contributed by atoms with Crippen molar-refractivity contribution in [3.63, 3.8) is 0 Å². The lowest BCUT2D eigenvalue weighted by molar-refractivity contribution is -0.0251. The van der Waals surface area contributed by atoms with Gasteiger partial charge in [-0.15, -0.1) is 0 Å². The van der Waals surface area contributed by atoms with Crippen LogP contribution in [0.2, 0.25) is 0 Å². The molecule has 19 heavy (non-hydrogen) atoms. The molecule has 1 aromatic rings. The third kappa shape index (κ3) is 2.88. The Kier molecular flexibility index (Phi) is 3.78. The second-order valence-corrected chi connectivity index (χ2v) is 5.05. The van der Waals surface area contributed by atoms with E-state index in [9.17, 15) is 15.0 Å². The van der Waals surface area contributed by atoms with Crippen molar-refractivity contribution in [2.75, 3.05) is 13.2 Å². The number of carbonyl (C=O) groups excluding carboxylic acids is 1. The van der Waals surface area contributed by atoms with E-state index in [4.69, 9.17) is 4.74 Å². The maximum Gasteiger partial charge on any atom is 0.251 e. The molecule has 1 aliphatic rings. The van der Waals surface area contributed by atoms with Crippen LogP contribution < -0.4 is 5.32 Å². The number of benzene rings is 1. The SMILES string of the molecule is Cc1ccc(C(=O)NCC2(O)CCOC2C)cc1O. The lowest BCUT2D eigenvalue weighted by atomic mass is 9.96. The van der Waals surface area contributed by atoms with Crippen molar-refractivity contribution < 1.29 is 19.7 Å². The Bertz CT molecular complexity index is 488. The number of carbonyl (C=O) groups is 1. The summed E-state index contributed by atoms with van der Waals surface area (Å²) in [4.78, 5) is 11.9. The molecule has 1 heterocycles. The van der Waals surface area contributed by atoms with Crippen LogP contribution in [-0.2, 0) is 4.74 Å². The normalized spacial score (nSPS) is 26.4. The number of aliphatic hydroxyl groups is 1. The second-order valence-electron chi connectivity index (χ2n) is 5.05. The number of aryl methyl sites for hydroxylation is 1. The minimum Gasteiger partial charge on any atom is -0.508 e. The van der Waals surface area contributed by atoms with Crippen LogP contribution >= 0.6 is 0 Å². The third-order valence-corrected chi connectivity index (χ3v) is 3.69. The second kappa shape index (κ2) is 5.19. The standard InChI is InChI=1S/C14H19NO4/c1-9-3-4-11(7-12(9)16)13(17)15-8-14(18)5-6-19-10(14)2/h3-4,7,10,16,18H,5-6,8H2,1-2H3,(H,15,17). The fraction of sp³-hybridized carbons (Fsp3) is 0.500. The van der Waals surface area contributed by atoms with E-state index < -0.39 is 5.60 Å². The number of phenols is 1. The number of hydrogen-bond donors (Lipinski definition) is 3. The lowest BCUT2D eigenvalue weighted by Crippen LogP contribution is -2.47. The molecule has 1 aromatic carbocycles. The van der Waals surface area contributed by atoms with Crippen LogP contribution in [0.3, 0.4) is 0 Å². The van der Waals surface area contributed by atoms with Crippen LogP contribution in [0.25, 0.3) is 0 Å². The van der Waals surface area contributed by atoms with Gasteiger partial charge in [-0.3, -0.25) is 4.79 Å². The van der Waals surface area contributed by atoms with E-state index in [2.05, 4.69) is 5.32 Å². The van der Waals surface area contributed by atoms with Gasteiger partial charge in [0.2, 0.25) is 0 Å². The smallest absolute Gasteiger partial charge is 0.251 e. The highest BCUT2D eigenvalue weighted by molar-refractivity contribution is 5.94. The topological polar surface area (TPSA) is 78.8 Å². The van der Waals surface area contributed by atoms with E-state index >= 15 is 0 Å². The highest BCUT2D eigenvalue weighted by Gasteiger charge is 2.39. The first-order valence-corrected chi connectivity index (χ1v) is 6.34. The molecule has 0 aromatic heterocycles. The molecule has 1 amide bonds. The molecule has 0 saturated carbocycles. The largest absolute Gasteiger partial charge is 0.508 e. The van der Waals surface area contributed by atoms with Gasteiger partial charge in [0.25, 0.3) is 5.91 Å². The summed E-state index contributed by atoms with van der Waals surface area (Å²) >= 11 is 0. The number of aromatic hydroxyl groups is 1. The summed E-state index contributed by atoms with van der Waals surface area (Å²) in [7, 11) is 0. The van der Waals surface area contributed by atoms with Gasteiger partial charge in [0.05, 0.1) is 6.10 Å². The molecule has 2 unspecified atom stereocenters. The molecule has 104 valence electrons. The molecule has 0 aliphatic carbocycles. The Morgan fingerprint density at radius 3 is 2.89 bits per heavy atom. The average molecular weight is 265 g/mol. The van der Waals surface area contributed by atoms with Crippen LogP contribution in [0.4, 0.5) is 0 Å². The first kappa shape index (κ1) is 13.8. The zero-order valence-corrected chi connectivity index (χ0v) is 11.1. The van der Waals surface area contributed by atoms with Crippen LogP contribution in [0, 0.1) is 6.92 Å². The Morgan fingerprint density at radius 1 is 1.58 bits per heavy atom. The summed E-state index contributed by atoms with van der Waals surface area (Å²) in [6.45, 7) is 4.19. The van der Waals surface area contributed by atoms with Crippen molar-refractivity contribution in [1.29, 1.82) is 0 Å². The van der Waals surface area contributed by atoms with Gasteiger partial charge in [-0.05, 0) is 31.5 Å². The highest BCUT2D eigenvalue weighted by atomic mass is 16.5. The quantitative estimate of drug-likeness (QED) is 0.761. The van der Waals surface area contributed by atoms with Crippen molar-refractivity contribution in [3.05, 3.63) is 29.3 Å². The molecule has 0 radical (unpaired) electrons. The molecule has 2 rings (SSSR count). The molecule has 1 fully saturated rings. The van der Waals surface area contributed by atoms with Gasteiger partial charge < -0.3 is 20.3 Å². The summed E-state index contributed by atoms with van der Waals surface area (Å²) in [6, 6.07) is 4.74. The monoisotopic (exact) mass is 265 g/mol. The van der Waals surface area contributed by atoms with Crippen molar-refractivity contribution in [2.45, 2.75) is 32.0 Å². The fourth-order valence-corrected chi connectivity index (χ4v) is 2.09. The number of amides is 1. The summed E-state index contributed by atoms with van der Waals surface area (Å²) < 4.78 is 5.30. The van der Waals surface area contributed by atoms with Crippen molar-refractivity contribution in [2.24, 2.45) is 0 Å². The molecule has 0 bridgehead atoms. The van der Waals surface area contributed by atoms with E-state index in [1.165, 1.54) is 6.07 Å². The predicted octanol–water partition coefficient (Wildman–Crippen LogP) is 0.970. The Labute approximate surface area is 112 Å². The summed E-state index contributed by atoms with van der Waals surface area (Å²) in [5, 5.41) is 22.5. The molecule has 3 N–H and O–H groups in total. The highest BCUT2D eigenvalue weighted by Crippen LogP contribution is 2.25. The Balaban J connectivity index is 1.99. The maximum atomic E-state index is 11.9. The van der Waals surface area contributed by atoms with Crippen molar-refractivity contribution in [3.8, 4) is 5.75 Å². The Morgan fingerprint density at radius 2 is 2.32 bits per heavy atom. The summed E-state index contributed by atoms with van der Waals surface area (Å²) in [5.74, 6) is -0.230. The molecule has 1 aliphatic heterocycles. The van der Waals surface area contributed by atoms with E-state index in [1.54, 1.807) is 26.0 Å². The zero-order valence-electron chi connectivity index (χ0n) is 11.1. The lowest BCUT2D eigenvalue weighted by Gasteiger charge is -2.26. The molecule has 1 saturated heterocycles. The minimum atomic E-state index is -1.01. The predicted molar refractivity (Wildman–Crippen MR) is 70.2 cm³/mol. The number of phenolic OH excluding ortho intramolecular Hbond substituents is 1. The molecule has 2 atom stereocenters.